The number of hydrogen-bond donors (Lipinski definition) is 2. The Labute approximate surface area is 113 Å². The van der Waals surface area contributed by atoms with E-state index in [1.165, 1.54) is 5.56 Å². The topological polar surface area (TPSA) is 55.1 Å². The van der Waals surface area contributed by atoms with Gasteiger partial charge in [-0.25, -0.2) is 0 Å². The van der Waals surface area contributed by atoms with Gasteiger partial charge in [-0.2, -0.15) is 0 Å². The zero-order chi connectivity index (χ0) is 13.7. The lowest BCUT2D eigenvalue weighted by molar-refractivity contribution is -0.117. The Kier molecular flexibility index (Phi) is 4.31. The maximum absolute atomic E-state index is 11.7. The summed E-state index contributed by atoms with van der Waals surface area (Å²) in [6, 6.07) is 17.5. The highest BCUT2D eigenvalue weighted by atomic mass is 16.2. The zero-order valence-electron chi connectivity index (χ0n) is 11.0. The van der Waals surface area contributed by atoms with Crippen LogP contribution in [0.2, 0.25) is 0 Å². The fraction of sp³-hybridized carbons (Fsp3) is 0.188. The molecule has 98 valence electrons. The van der Waals surface area contributed by atoms with E-state index < -0.39 is 6.04 Å². The Balaban J connectivity index is 2.19. The highest BCUT2D eigenvalue weighted by molar-refractivity contribution is 5.95. The van der Waals surface area contributed by atoms with E-state index in [0.29, 0.717) is 0 Å². The van der Waals surface area contributed by atoms with Crippen LogP contribution >= 0.6 is 0 Å². The van der Waals surface area contributed by atoms with Crippen molar-refractivity contribution >= 4 is 11.6 Å². The number of hydrogen-bond acceptors (Lipinski definition) is 2. The molecule has 19 heavy (non-hydrogen) atoms. The molecule has 0 aromatic heterocycles. The molecule has 2 aromatic rings. The zero-order valence-corrected chi connectivity index (χ0v) is 11.0. The SMILES string of the molecule is CC(N)C(=O)Nc1ccccc1Cc1ccccc1. The lowest BCUT2D eigenvalue weighted by Gasteiger charge is -2.12. The van der Waals surface area contributed by atoms with E-state index in [-0.39, 0.29) is 5.91 Å². The molecule has 0 saturated heterocycles. The predicted molar refractivity (Wildman–Crippen MR) is 78.0 cm³/mol. The van der Waals surface area contributed by atoms with Gasteiger partial charge < -0.3 is 11.1 Å². The van der Waals surface area contributed by atoms with Crippen LogP contribution in [0.15, 0.2) is 54.6 Å². The number of carbonyl (C=O) groups excluding carboxylic acids is 1. The first-order valence-corrected chi connectivity index (χ1v) is 6.35. The second-order valence-electron chi connectivity index (χ2n) is 4.60. The van der Waals surface area contributed by atoms with Crippen LogP contribution in [0.1, 0.15) is 18.1 Å². The van der Waals surface area contributed by atoms with Crippen LogP contribution in [0.25, 0.3) is 0 Å². The summed E-state index contributed by atoms with van der Waals surface area (Å²) in [7, 11) is 0. The number of benzene rings is 2. The Morgan fingerprint density at radius 1 is 1.11 bits per heavy atom. The van der Waals surface area contributed by atoms with Crippen LogP contribution in [-0.2, 0) is 11.2 Å². The van der Waals surface area contributed by atoms with E-state index in [0.717, 1.165) is 17.7 Å². The molecule has 2 aromatic carbocycles. The molecule has 0 saturated carbocycles. The van der Waals surface area contributed by atoms with Crippen molar-refractivity contribution < 1.29 is 4.79 Å². The van der Waals surface area contributed by atoms with Crippen LogP contribution in [0, 0.1) is 0 Å². The second-order valence-corrected chi connectivity index (χ2v) is 4.60. The van der Waals surface area contributed by atoms with E-state index in [9.17, 15) is 4.79 Å². The summed E-state index contributed by atoms with van der Waals surface area (Å²) in [6.45, 7) is 1.68. The summed E-state index contributed by atoms with van der Waals surface area (Å²) in [5, 5.41) is 2.87. The van der Waals surface area contributed by atoms with Gasteiger partial charge in [-0.1, -0.05) is 48.5 Å². The van der Waals surface area contributed by atoms with E-state index in [2.05, 4.69) is 17.4 Å². The minimum absolute atomic E-state index is 0.166. The highest BCUT2D eigenvalue weighted by Crippen LogP contribution is 2.19. The molecule has 1 atom stereocenters. The van der Waals surface area contributed by atoms with Crippen molar-refractivity contribution in [3.8, 4) is 0 Å². The van der Waals surface area contributed by atoms with Gasteiger partial charge in [0.05, 0.1) is 6.04 Å². The Morgan fingerprint density at radius 2 is 1.74 bits per heavy atom. The van der Waals surface area contributed by atoms with Crippen molar-refractivity contribution in [2.24, 2.45) is 5.73 Å². The monoisotopic (exact) mass is 254 g/mol. The molecular weight excluding hydrogens is 236 g/mol. The number of carbonyl (C=O) groups is 1. The normalized spacial score (nSPS) is 11.9. The molecule has 0 heterocycles. The van der Waals surface area contributed by atoms with Gasteiger partial charge in [-0.05, 0) is 30.5 Å². The van der Waals surface area contributed by atoms with Crippen molar-refractivity contribution in [1.82, 2.24) is 0 Å². The lowest BCUT2D eigenvalue weighted by Crippen LogP contribution is -2.32. The number of para-hydroxylation sites is 1. The molecule has 1 amide bonds. The average molecular weight is 254 g/mol. The van der Waals surface area contributed by atoms with E-state index in [1.54, 1.807) is 6.92 Å². The molecule has 0 spiro atoms. The first kappa shape index (κ1) is 13.3. The number of rotatable bonds is 4. The van der Waals surface area contributed by atoms with E-state index in [4.69, 9.17) is 5.73 Å². The van der Waals surface area contributed by atoms with Gasteiger partial charge in [0, 0.05) is 5.69 Å². The number of amides is 1. The maximum atomic E-state index is 11.7. The van der Waals surface area contributed by atoms with Crippen molar-refractivity contribution in [3.63, 3.8) is 0 Å². The summed E-state index contributed by atoms with van der Waals surface area (Å²) >= 11 is 0. The quantitative estimate of drug-likeness (QED) is 0.881. The Hall–Kier alpha value is -2.13. The van der Waals surface area contributed by atoms with Crippen LogP contribution in [-0.4, -0.2) is 11.9 Å². The number of nitrogens with two attached hydrogens (primary N) is 1. The molecule has 0 aliphatic rings. The lowest BCUT2D eigenvalue weighted by atomic mass is 10.0. The van der Waals surface area contributed by atoms with Gasteiger partial charge in [0.2, 0.25) is 5.91 Å². The standard InChI is InChI=1S/C16H18N2O/c1-12(17)16(19)18-15-10-6-5-9-14(15)11-13-7-3-2-4-8-13/h2-10,12H,11,17H2,1H3,(H,18,19). The summed E-state index contributed by atoms with van der Waals surface area (Å²) < 4.78 is 0. The molecular formula is C16H18N2O. The maximum Gasteiger partial charge on any atom is 0.241 e. The molecule has 0 fully saturated rings. The number of anilines is 1. The highest BCUT2D eigenvalue weighted by Gasteiger charge is 2.10. The van der Waals surface area contributed by atoms with Crippen molar-refractivity contribution in [2.45, 2.75) is 19.4 Å². The van der Waals surface area contributed by atoms with Crippen LogP contribution in [0.4, 0.5) is 5.69 Å². The molecule has 0 aliphatic heterocycles. The van der Waals surface area contributed by atoms with Crippen molar-refractivity contribution in [1.29, 1.82) is 0 Å². The third kappa shape index (κ3) is 3.66. The Bertz CT molecular complexity index is 550. The van der Waals surface area contributed by atoms with Crippen LogP contribution in [0.5, 0.6) is 0 Å². The first-order valence-electron chi connectivity index (χ1n) is 6.35. The fourth-order valence-electron chi connectivity index (χ4n) is 1.86. The number of nitrogens with one attached hydrogen (secondary N) is 1. The molecule has 2 rings (SSSR count). The minimum Gasteiger partial charge on any atom is -0.324 e. The predicted octanol–water partition coefficient (Wildman–Crippen LogP) is 2.56. The molecule has 0 bridgehead atoms. The van der Waals surface area contributed by atoms with Crippen LogP contribution < -0.4 is 11.1 Å². The molecule has 0 aliphatic carbocycles. The first-order chi connectivity index (χ1) is 9.16. The van der Waals surface area contributed by atoms with Crippen LogP contribution in [0.3, 0.4) is 0 Å². The smallest absolute Gasteiger partial charge is 0.241 e. The van der Waals surface area contributed by atoms with E-state index in [1.807, 2.05) is 42.5 Å². The fourth-order valence-corrected chi connectivity index (χ4v) is 1.86. The molecule has 0 radical (unpaired) electrons. The van der Waals surface area contributed by atoms with Gasteiger partial charge >= 0.3 is 0 Å². The minimum atomic E-state index is -0.509. The second kappa shape index (κ2) is 6.16. The van der Waals surface area contributed by atoms with Gasteiger partial charge in [0.1, 0.15) is 0 Å². The van der Waals surface area contributed by atoms with E-state index >= 15 is 0 Å². The molecule has 1 unspecified atom stereocenters. The van der Waals surface area contributed by atoms with Crippen molar-refractivity contribution in [3.05, 3.63) is 65.7 Å². The summed E-state index contributed by atoms with van der Waals surface area (Å²) in [5.41, 5.74) is 8.70. The molecule has 3 heteroatoms. The van der Waals surface area contributed by atoms with Gasteiger partial charge in [0.15, 0.2) is 0 Å². The molecule has 3 N–H and O–H groups in total. The van der Waals surface area contributed by atoms with Gasteiger partial charge in [0.25, 0.3) is 0 Å². The average Bonchev–Trinajstić information content (AvgIpc) is 2.42. The summed E-state index contributed by atoms with van der Waals surface area (Å²) in [6.07, 6.45) is 0.788. The van der Waals surface area contributed by atoms with Crippen molar-refractivity contribution in [2.75, 3.05) is 5.32 Å². The van der Waals surface area contributed by atoms with Gasteiger partial charge in [-0.15, -0.1) is 0 Å². The summed E-state index contributed by atoms with van der Waals surface area (Å²) in [4.78, 5) is 11.7. The third-order valence-corrected chi connectivity index (χ3v) is 2.93. The molecule has 3 nitrogen and oxygen atoms in total. The largest absolute Gasteiger partial charge is 0.324 e. The Morgan fingerprint density at radius 3 is 2.42 bits per heavy atom. The third-order valence-electron chi connectivity index (χ3n) is 2.93. The summed E-state index contributed by atoms with van der Waals surface area (Å²) in [5.74, 6) is -0.166. The van der Waals surface area contributed by atoms with Gasteiger partial charge in [-0.3, -0.25) is 4.79 Å².